The minimum Gasteiger partial charge on any atom is -0.381 e. The molecule has 0 aliphatic rings. The molecule has 1 N–H and O–H groups in total. The van der Waals surface area contributed by atoms with Gasteiger partial charge in [-0.2, -0.15) is 0 Å². The van der Waals surface area contributed by atoms with Crippen LogP contribution in [0.15, 0.2) is 42.5 Å². The quantitative estimate of drug-likeness (QED) is 0.831. The number of aryl methyl sites for hydroxylation is 1. The third-order valence-corrected chi connectivity index (χ3v) is 3.14. The fourth-order valence-corrected chi connectivity index (χ4v) is 2.01. The van der Waals surface area contributed by atoms with E-state index in [4.69, 9.17) is 23.2 Å². The van der Waals surface area contributed by atoms with Crippen LogP contribution in [0.2, 0.25) is 10.0 Å². The molecule has 0 atom stereocenters. The Balaban J connectivity index is 2.04. The molecule has 1 nitrogen and oxygen atoms in total. The Morgan fingerprint density at radius 3 is 2.35 bits per heavy atom. The maximum atomic E-state index is 6.10. The summed E-state index contributed by atoms with van der Waals surface area (Å²) >= 11 is 11.9. The molecule has 0 bridgehead atoms. The second-order valence-electron chi connectivity index (χ2n) is 3.96. The Kier molecular flexibility index (Phi) is 3.93. The Labute approximate surface area is 111 Å². The molecular weight excluding hydrogens is 253 g/mol. The summed E-state index contributed by atoms with van der Waals surface area (Å²) in [6.07, 6.45) is 0. The average Bonchev–Trinajstić information content (AvgIpc) is 2.30. The number of hydrogen-bond donors (Lipinski definition) is 1. The Morgan fingerprint density at radius 1 is 1.00 bits per heavy atom. The van der Waals surface area contributed by atoms with Crippen molar-refractivity contribution in [2.45, 2.75) is 13.5 Å². The standard InChI is InChI=1S/C14H13Cl2N/c1-10-2-6-13(7-3-10)17-9-11-4-5-12(15)8-14(11)16/h2-8,17H,9H2,1H3. The Morgan fingerprint density at radius 2 is 1.71 bits per heavy atom. The van der Waals surface area contributed by atoms with Crippen molar-refractivity contribution in [1.82, 2.24) is 0 Å². The molecule has 3 heteroatoms. The highest BCUT2D eigenvalue weighted by Gasteiger charge is 2.01. The van der Waals surface area contributed by atoms with Gasteiger partial charge in [0.25, 0.3) is 0 Å². The number of anilines is 1. The van der Waals surface area contributed by atoms with Gasteiger partial charge in [0, 0.05) is 22.3 Å². The molecule has 0 saturated heterocycles. The molecule has 0 aliphatic carbocycles. The largest absolute Gasteiger partial charge is 0.381 e. The van der Waals surface area contributed by atoms with Crippen LogP contribution in [0.5, 0.6) is 0 Å². The lowest BCUT2D eigenvalue weighted by Gasteiger charge is -2.08. The van der Waals surface area contributed by atoms with Crippen LogP contribution in [0.4, 0.5) is 5.69 Å². The summed E-state index contributed by atoms with van der Waals surface area (Å²) < 4.78 is 0. The van der Waals surface area contributed by atoms with Crippen LogP contribution in [0.25, 0.3) is 0 Å². The van der Waals surface area contributed by atoms with E-state index in [2.05, 4.69) is 36.5 Å². The van der Waals surface area contributed by atoms with Crippen molar-refractivity contribution >= 4 is 28.9 Å². The number of benzene rings is 2. The highest BCUT2D eigenvalue weighted by atomic mass is 35.5. The van der Waals surface area contributed by atoms with Crippen molar-refractivity contribution in [3.05, 3.63) is 63.6 Å². The van der Waals surface area contributed by atoms with E-state index >= 15 is 0 Å². The van der Waals surface area contributed by atoms with Crippen LogP contribution in [0.1, 0.15) is 11.1 Å². The molecule has 0 fully saturated rings. The first-order valence-corrected chi connectivity index (χ1v) is 6.15. The minimum absolute atomic E-state index is 0.661. The molecule has 2 rings (SSSR count). The third-order valence-electron chi connectivity index (χ3n) is 2.55. The van der Waals surface area contributed by atoms with Gasteiger partial charge in [-0.3, -0.25) is 0 Å². The summed E-state index contributed by atoms with van der Waals surface area (Å²) in [5.74, 6) is 0. The maximum Gasteiger partial charge on any atom is 0.0470 e. The normalized spacial score (nSPS) is 10.3. The van der Waals surface area contributed by atoms with Crippen LogP contribution >= 0.6 is 23.2 Å². The Hall–Kier alpha value is -1.18. The fraction of sp³-hybridized carbons (Fsp3) is 0.143. The van der Waals surface area contributed by atoms with E-state index in [1.54, 1.807) is 6.07 Å². The lowest BCUT2D eigenvalue weighted by Crippen LogP contribution is -1.99. The van der Waals surface area contributed by atoms with Gasteiger partial charge in [-0.15, -0.1) is 0 Å². The molecule has 0 unspecified atom stereocenters. The van der Waals surface area contributed by atoms with Gasteiger partial charge in [-0.25, -0.2) is 0 Å². The minimum atomic E-state index is 0.661. The maximum absolute atomic E-state index is 6.10. The van der Waals surface area contributed by atoms with Gasteiger partial charge in [-0.1, -0.05) is 47.0 Å². The summed E-state index contributed by atoms with van der Waals surface area (Å²) in [5, 5.41) is 4.67. The first-order chi connectivity index (χ1) is 8.15. The smallest absolute Gasteiger partial charge is 0.0470 e. The predicted molar refractivity (Wildman–Crippen MR) is 75.0 cm³/mol. The molecule has 0 spiro atoms. The Bertz CT molecular complexity index is 506. The average molecular weight is 266 g/mol. The van der Waals surface area contributed by atoms with E-state index in [1.807, 2.05) is 12.1 Å². The zero-order valence-electron chi connectivity index (χ0n) is 9.50. The van der Waals surface area contributed by atoms with Crippen molar-refractivity contribution in [3.8, 4) is 0 Å². The monoisotopic (exact) mass is 265 g/mol. The van der Waals surface area contributed by atoms with Crippen LogP contribution in [-0.4, -0.2) is 0 Å². The number of hydrogen-bond acceptors (Lipinski definition) is 1. The van der Waals surface area contributed by atoms with Crippen LogP contribution < -0.4 is 5.32 Å². The third kappa shape index (κ3) is 3.39. The molecule has 17 heavy (non-hydrogen) atoms. The molecule has 2 aromatic rings. The van der Waals surface area contributed by atoms with Gasteiger partial charge < -0.3 is 5.32 Å². The molecule has 0 amide bonds. The van der Waals surface area contributed by atoms with Gasteiger partial charge in [0.1, 0.15) is 0 Å². The topological polar surface area (TPSA) is 12.0 Å². The van der Waals surface area contributed by atoms with Gasteiger partial charge in [0.2, 0.25) is 0 Å². The first-order valence-electron chi connectivity index (χ1n) is 5.39. The highest BCUT2D eigenvalue weighted by Crippen LogP contribution is 2.22. The molecule has 0 saturated carbocycles. The second kappa shape index (κ2) is 5.44. The molecule has 0 heterocycles. The lowest BCUT2D eigenvalue weighted by molar-refractivity contribution is 1.15. The van der Waals surface area contributed by atoms with Gasteiger partial charge in [0.15, 0.2) is 0 Å². The summed E-state index contributed by atoms with van der Waals surface area (Å²) in [6.45, 7) is 2.76. The summed E-state index contributed by atoms with van der Waals surface area (Å²) in [7, 11) is 0. The zero-order valence-corrected chi connectivity index (χ0v) is 11.0. The molecule has 2 aromatic carbocycles. The van der Waals surface area contributed by atoms with E-state index in [-0.39, 0.29) is 0 Å². The van der Waals surface area contributed by atoms with Gasteiger partial charge in [0.05, 0.1) is 0 Å². The molecule has 0 aromatic heterocycles. The molecule has 0 radical (unpaired) electrons. The second-order valence-corrected chi connectivity index (χ2v) is 4.80. The van der Waals surface area contributed by atoms with Crippen molar-refractivity contribution in [2.75, 3.05) is 5.32 Å². The van der Waals surface area contributed by atoms with E-state index in [0.717, 1.165) is 11.3 Å². The number of rotatable bonds is 3. The van der Waals surface area contributed by atoms with Crippen molar-refractivity contribution < 1.29 is 0 Å². The summed E-state index contributed by atoms with van der Waals surface area (Å²) in [6, 6.07) is 13.8. The fourth-order valence-electron chi connectivity index (χ4n) is 1.53. The van der Waals surface area contributed by atoms with E-state index < -0.39 is 0 Å². The predicted octanol–water partition coefficient (Wildman–Crippen LogP) is 4.91. The SMILES string of the molecule is Cc1ccc(NCc2ccc(Cl)cc2Cl)cc1. The van der Waals surface area contributed by atoms with Gasteiger partial charge in [-0.05, 0) is 36.8 Å². The van der Waals surface area contributed by atoms with Crippen LogP contribution in [0, 0.1) is 6.92 Å². The lowest BCUT2D eigenvalue weighted by atomic mass is 10.2. The molecule has 88 valence electrons. The zero-order chi connectivity index (χ0) is 12.3. The number of halogens is 2. The van der Waals surface area contributed by atoms with E-state index in [0.29, 0.717) is 16.6 Å². The van der Waals surface area contributed by atoms with Gasteiger partial charge >= 0.3 is 0 Å². The van der Waals surface area contributed by atoms with Crippen molar-refractivity contribution in [2.24, 2.45) is 0 Å². The van der Waals surface area contributed by atoms with Crippen molar-refractivity contribution in [1.29, 1.82) is 0 Å². The highest BCUT2D eigenvalue weighted by molar-refractivity contribution is 6.35. The summed E-state index contributed by atoms with van der Waals surface area (Å²) in [5.41, 5.74) is 3.37. The van der Waals surface area contributed by atoms with Crippen molar-refractivity contribution in [3.63, 3.8) is 0 Å². The van der Waals surface area contributed by atoms with E-state index in [9.17, 15) is 0 Å². The molecular formula is C14H13Cl2N. The number of nitrogens with one attached hydrogen (secondary N) is 1. The first kappa shape index (κ1) is 12.3. The summed E-state index contributed by atoms with van der Waals surface area (Å²) in [4.78, 5) is 0. The van der Waals surface area contributed by atoms with Crippen LogP contribution in [0.3, 0.4) is 0 Å². The molecule has 0 aliphatic heterocycles. The van der Waals surface area contributed by atoms with E-state index in [1.165, 1.54) is 5.56 Å². The van der Waals surface area contributed by atoms with Crippen LogP contribution in [-0.2, 0) is 6.54 Å².